The number of benzene rings is 1. The number of carbonyl (C=O) groups excluding carboxylic acids is 1. The van der Waals surface area contributed by atoms with Crippen molar-refractivity contribution in [2.45, 2.75) is 46.1 Å². The van der Waals surface area contributed by atoms with Gasteiger partial charge in [-0.05, 0) is 43.5 Å². The molecule has 0 spiro atoms. The van der Waals surface area contributed by atoms with Crippen molar-refractivity contribution in [2.24, 2.45) is 0 Å². The lowest BCUT2D eigenvalue weighted by molar-refractivity contribution is -0.132. The van der Waals surface area contributed by atoms with Crippen molar-refractivity contribution < 1.29 is 14.3 Å². The van der Waals surface area contributed by atoms with Gasteiger partial charge in [-0.3, -0.25) is 4.79 Å². The fourth-order valence-electron chi connectivity index (χ4n) is 3.12. The second-order valence-corrected chi connectivity index (χ2v) is 6.30. The third-order valence-corrected chi connectivity index (χ3v) is 4.30. The van der Waals surface area contributed by atoms with Crippen LogP contribution in [0.5, 0.6) is 11.5 Å². The van der Waals surface area contributed by atoms with Crippen molar-refractivity contribution >= 4 is 17.6 Å². The topological polar surface area (TPSA) is 90.0 Å². The zero-order valence-corrected chi connectivity index (χ0v) is 15.6. The summed E-state index contributed by atoms with van der Waals surface area (Å²) in [5, 5.41) is 18.2. The minimum Gasteiger partial charge on any atom is -0.490 e. The number of aromatic nitrogens is 3. The normalized spacial score (nSPS) is 14.0. The summed E-state index contributed by atoms with van der Waals surface area (Å²) in [4.78, 5) is 11.2. The Kier molecular flexibility index (Phi) is 5.87. The third kappa shape index (κ3) is 4.34. The van der Waals surface area contributed by atoms with Crippen LogP contribution in [0.1, 0.15) is 50.3 Å². The van der Waals surface area contributed by atoms with Gasteiger partial charge in [0.1, 0.15) is 11.9 Å². The van der Waals surface area contributed by atoms with E-state index >= 15 is 0 Å². The first kappa shape index (κ1) is 18.6. The van der Waals surface area contributed by atoms with E-state index in [4.69, 9.17) is 9.47 Å². The predicted molar refractivity (Wildman–Crippen MR) is 100.0 cm³/mol. The lowest BCUT2D eigenvalue weighted by Gasteiger charge is -2.10. The van der Waals surface area contributed by atoms with Gasteiger partial charge in [0.15, 0.2) is 17.3 Å². The highest BCUT2D eigenvalue weighted by molar-refractivity contribution is 5.87. The van der Waals surface area contributed by atoms with E-state index in [2.05, 4.69) is 16.3 Å². The van der Waals surface area contributed by atoms with Crippen LogP contribution in [0.4, 0.5) is 0 Å². The zero-order valence-electron chi connectivity index (χ0n) is 15.6. The van der Waals surface area contributed by atoms with Crippen molar-refractivity contribution in [3.8, 4) is 17.6 Å². The van der Waals surface area contributed by atoms with Crippen LogP contribution in [0.3, 0.4) is 0 Å². The summed E-state index contributed by atoms with van der Waals surface area (Å²) in [5.74, 6) is 1.93. The van der Waals surface area contributed by atoms with Gasteiger partial charge in [-0.15, -0.1) is 10.2 Å². The van der Waals surface area contributed by atoms with E-state index in [0.717, 1.165) is 43.6 Å². The SMILES string of the molecule is CCOc1cc(/C=C(\C#N)c2nnc3n2CCCCC3)ccc1OC(C)=O. The molecular weight excluding hydrogens is 344 g/mol. The molecule has 0 fully saturated rings. The van der Waals surface area contributed by atoms with Gasteiger partial charge in [-0.25, -0.2) is 0 Å². The summed E-state index contributed by atoms with van der Waals surface area (Å²) in [5.41, 5.74) is 1.20. The number of nitrogens with zero attached hydrogens (tertiary/aromatic N) is 4. The van der Waals surface area contributed by atoms with E-state index < -0.39 is 5.97 Å². The molecule has 0 saturated carbocycles. The summed E-state index contributed by atoms with van der Waals surface area (Å²) in [7, 11) is 0. The number of hydrogen-bond acceptors (Lipinski definition) is 6. The van der Waals surface area contributed by atoms with Gasteiger partial charge in [0.05, 0.1) is 12.2 Å². The maximum Gasteiger partial charge on any atom is 0.308 e. The van der Waals surface area contributed by atoms with Crippen LogP contribution in [0.15, 0.2) is 18.2 Å². The molecule has 1 aromatic carbocycles. The Labute approximate surface area is 158 Å². The molecule has 140 valence electrons. The van der Waals surface area contributed by atoms with Gasteiger partial charge in [-0.2, -0.15) is 5.26 Å². The molecule has 1 aliphatic rings. The molecule has 7 nitrogen and oxygen atoms in total. The summed E-state index contributed by atoms with van der Waals surface area (Å²) in [6.45, 7) is 4.46. The standard InChI is InChI=1S/C20H22N4O3/c1-3-26-18-12-15(8-9-17(18)27-14(2)25)11-16(13-21)20-23-22-19-7-5-4-6-10-24(19)20/h8-9,11-12H,3-7,10H2,1-2H3/b16-11+. The molecule has 2 aromatic rings. The fraction of sp³-hybridized carbons (Fsp3) is 0.400. The quantitative estimate of drug-likeness (QED) is 0.458. The first-order valence-corrected chi connectivity index (χ1v) is 9.12. The highest BCUT2D eigenvalue weighted by atomic mass is 16.6. The number of rotatable bonds is 5. The Morgan fingerprint density at radius 3 is 2.89 bits per heavy atom. The Morgan fingerprint density at radius 1 is 1.30 bits per heavy atom. The molecule has 1 aliphatic heterocycles. The maximum absolute atomic E-state index is 11.2. The second kappa shape index (κ2) is 8.49. The number of ether oxygens (including phenoxy) is 2. The highest BCUT2D eigenvalue weighted by Gasteiger charge is 2.18. The largest absolute Gasteiger partial charge is 0.490 e. The van der Waals surface area contributed by atoms with Crippen LogP contribution in [0, 0.1) is 11.3 Å². The monoisotopic (exact) mass is 366 g/mol. The first-order chi connectivity index (χ1) is 13.1. The molecule has 0 N–H and O–H groups in total. The fourth-order valence-corrected chi connectivity index (χ4v) is 3.12. The summed E-state index contributed by atoms with van der Waals surface area (Å²) >= 11 is 0. The number of aryl methyl sites for hydroxylation is 1. The van der Waals surface area contributed by atoms with Gasteiger partial charge >= 0.3 is 5.97 Å². The number of fused-ring (bicyclic) bond motifs is 1. The van der Waals surface area contributed by atoms with E-state index in [1.807, 2.05) is 11.5 Å². The summed E-state index contributed by atoms with van der Waals surface area (Å²) in [6.07, 6.45) is 5.95. The van der Waals surface area contributed by atoms with Crippen LogP contribution >= 0.6 is 0 Å². The number of nitriles is 1. The van der Waals surface area contributed by atoms with Crippen molar-refractivity contribution in [3.63, 3.8) is 0 Å². The predicted octanol–water partition coefficient (Wildman–Crippen LogP) is 3.39. The Balaban J connectivity index is 1.97. The van der Waals surface area contributed by atoms with E-state index in [1.165, 1.54) is 6.92 Å². The van der Waals surface area contributed by atoms with Crippen molar-refractivity contribution in [1.82, 2.24) is 14.8 Å². The number of allylic oxidation sites excluding steroid dienone is 1. The Bertz CT molecular complexity index is 908. The molecule has 1 aromatic heterocycles. The molecule has 0 aliphatic carbocycles. The Morgan fingerprint density at radius 2 is 2.15 bits per heavy atom. The van der Waals surface area contributed by atoms with Gasteiger partial charge in [0.25, 0.3) is 0 Å². The highest BCUT2D eigenvalue weighted by Crippen LogP contribution is 2.30. The van der Waals surface area contributed by atoms with Crippen LogP contribution in [-0.4, -0.2) is 27.3 Å². The molecule has 0 amide bonds. The number of esters is 1. The van der Waals surface area contributed by atoms with Gasteiger partial charge in [0, 0.05) is 19.9 Å². The molecule has 2 heterocycles. The molecule has 0 saturated heterocycles. The number of carbonyl (C=O) groups is 1. The molecule has 7 heteroatoms. The van der Waals surface area contributed by atoms with Crippen LogP contribution < -0.4 is 9.47 Å². The molecule has 3 rings (SSSR count). The first-order valence-electron chi connectivity index (χ1n) is 9.12. The molecular formula is C20H22N4O3. The van der Waals surface area contributed by atoms with E-state index in [-0.39, 0.29) is 0 Å². The maximum atomic E-state index is 11.2. The van der Waals surface area contributed by atoms with Gasteiger partial charge in [-0.1, -0.05) is 12.5 Å². The molecule has 0 unspecified atom stereocenters. The average molecular weight is 366 g/mol. The second-order valence-electron chi connectivity index (χ2n) is 6.30. The van der Waals surface area contributed by atoms with Gasteiger partial charge < -0.3 is 14.0 Å². The molecule has 0 bridgehead atoms. The van der Waals surface area contributed by atoms with Gasteiger partial charge in [0.2, 0.25) is 0 Å². The average Bonchev–Trinajstić information content (AvgIpc) is 2.89. The molecule has 0 atom stereocenters. The minimum absolute atomic E-state index is 0.358. The zero-order chi connectivity index (χ0) is 19.2. The number of hydrogen-bond donors (Lipinski definition) is 0. The lowest BCUT2D eigenvalue weighted by Crippen LogP contribution is -2.05. The van der Waals surface area contributed by atoms with Crippen molar-refractivity contribution in [3.05, 3.63) is 35.4 Å². The van der Waals surface area contributed by atoms with Crippen LogP contribution in [-0.2, 0) is 17.8 Å². The lowest BCUT2D eigenvalue weighted by atomic mass is 10.1. The van der Waals surface area contributed by atoms with Crippen LogP contribution in [0.2, 0.25) is 0 Å². The van der Waals surface area contributed by atoms with Crippen LogP contribution in [0.25, 0.3) is 11.6 Å². The van der Waals surface area contributed by atoms with E-state index in [1.54, 1.807) is 24.3 Å². The van der Waals surface area contributed by atoms with E-state index in [0.29, 0.717) is 29.5 Å². The summed E-state index contributed by atoms with van der Waals surface area (Å²) < 4.78 is 12.8. The minimum atomic E-state index is -0.414. The smallest absolute Gasteiger partial charge is 0.308 e. The summed E-state index contributed by atoms with van der Waals surface area (Å²) in [6, 6.07) is 7.42. The third-order valence-electron chi connectivity index (χ3n) is 4.30. The van der Waals surface area contributed by atoms with Crippen molar-refractivity contribution in [2.75, 3.05) is 6.61 Å². The van der Waals surface area contributed by atoms with E-state index in [9.17, 15) is 10.1 Å². The Hall–Kier alpha value is -3.14. The van der Waals surface area contributed by atoms with Crippen molar-refractivity contribution in [1.29, 1.82) is 5.26 Å². The molecule has 27 heavy (non-hydrogen) atoms. The molecule has 0 radical (unpaired) electrons.